The number of aliphatic imine (C=N–C) groups is 1. The molecule has 3 N–H and O–H groups in total. The fourth-order valence-corrected chi connectivity index (χ4v) is 3.12. The maximum Gasteiger partial charge on any atom is 0.233 e. The van der Waals surface area contributed by atoms with Gasteiger partial charge in [0, 0.05) is 32.7 Å². The van der Waals surface area contributed by atoms with E-state index in [1.165, 1.54) is 6.07 Å². The van der Waals surface area contributed by atoms with E-state index in [9.17, 15) is 9.18 Å². The van der Waals surface area contributed by atoms with Crippen LogP contribution in [0.3, 0.4) is 0 Å². The predicted octanol–water partition coefficient (Wildman–Crippen LogP) is 2.11. The number of benzene rings is 1. The highest BCUT2D eigenvalue weighted by Crippen LogP contribution is 2.18. The van der Waals surface area contributed by atoms with Crippen molar-refractivity contribution in [2.45, 2.75) is 39.3 Å². The lowest BCUT2D eigenvalue weighted by atomic mass is 10.1. The first-order chi connectivity index (χ1) is 13.5. The second-order valence-electron chi connectivity index (χ2n) is 6.76. The van der Waals surface area contributed by atoms with Crippen molar-refractivity contribution < 1.29 is 13.9 Å². The molecule has 1 saturated heterocycles. The third-order valence-electron chi connectivity index (χ3n) is 4.63. The fourth-order valence-electron chi connectivity index (χ4n) is 3.12. The molecule has 0 aromatic heterocycles. The molecule has 1 aliphatic rings. The molecule has 164 valence electrons. The monoisotopic (exact) mass is 521 g/mol. The van der Waals surface area contributed by atoms with Crippen molar-refractivity contribution in [2.75, 3.05) is 39.8 Å². The van der Waals surface area contributed by atoms with Crippen molar-refractivity contribution in [3.05, 3.63) is 29.6 Å². The Bertz CT molecular complexity index is 666. The van der Waals surface area contributed by atoms with Gasteiger partial charge < -0.3 is 20.7 Å². The summed E-state index contributed by atoms with van der Waals surface area (Å²) in [7, 11) is 1.66. The number of amides is 1. The van der Waals surface area contributed by atoms with E-state index in [0.29, 0.717) is 25.7 Å². The number of carbonyl (C=O) groups excluding carboxylic acids is 1. The van der Waals surface area contributed by atoms with Crippen LogP contribution in [0.2, 0.25) is 0 Å². The zero-order valence-electron chi connectivity index (χ0n) is 17.5. The van der Waals surface area contributed by atoms with E-state index in [1.807, 2.05) is 19.9 Å². The van der Waals surface area contributed by atoms with Crippen molar-refractivity contribution >= 4 is 35.8 Å². The Kier molecular flexibility index (Phi) is 11.9. The second kappa shape index (κ2) is 13.6. The maximum atomic E-state index is 14.0. The third-order valence-corrected chi connectivity index (χ3v) is 4.63. The SMILES string of the molecule is CCNC(=NCc1ccc(OCC)c(F)c1)NC1CCN(CC(=O)NC)CC1.I. The molecule has 7 nitrogen and oxygen atoms in total. The van der Waals surface area contributed by atoms with Crippen LogP contribution >= 0.6 is 24.0 Å². The molecule has 0 radical (unpaired) electrons. The van der Waals surface area contributed by atoms with Crippen molar-refractivity contribution in [1.82, 2.24) is 20.9 Å². The maximum absolute atomic E-state index is 14.0. The largest absolute Gasteiger partial charge is 0.491 e. The zero-order chi connectivity index (χ0) is 20.4. The van der Waals surface area contributed by atoms with Gasteiger partial charge in [0.25, 0.3) is 0 Å². The van der Waals surface area contributed by atoms with Crippen molar-refractivity contribution in [3.63, 3.8) is 0 Å². The van der Waals surface area contributed by atoms with Gasteiger partial charge in [0.15, 0.2) is 17.5 Å². The average molecular weight is 521 g/mol. The minimum atomic E-state index is -0.365. The number of likely N-dealkylation sites (N-methyl/N-ethyl adjacent to an activating group) is 1. The zero-order valence-corrected chi connectivity index (χ0v) is 19.8. The summed E-state index contributed by atoms with van der Waals surface area (Å²) >= 11 is 0. The molecule has 9 heteroatoms. The van der Waals surface area contributed by atoms with Crippen LogP contribution in [0.15, 0.2) is 23.2 Å². The molecule has 29 heavy (non-hydrogen) atoms. The number of hydrogen-bond donors (Lipinski definition) is 3. The lowest BCUT2D eigenvalue weighted by Gasteiger charge is -2.32. The van der Waals surface area contributed by atoms with Gasteiger partial charge in [0.05, 0.1) is 19.7 Å². The van der Waals surface area contributed by atoms with Crippen LogP contribution in [-0.2, 0) is 11.3 Å². The molecule has 1 aromatic rings. The Hall–Kier alpha value is -1.62. The Labute approximate surface area is 189 Å². The lowest BCUT2D eigenvalue weighted by Crippen LogP contribution is -2.50. The van der Waals surface area contributed by atoms with Crippen LogP contribution < -0.4 is 20.7 Å². The number of carbonyl (C=O) groups is 1. The lowest BCUT2D eigenvalue weighted by molar-refractivity contribution is -0.122. The summed E-state index contributed by atoms with van der Waals surface area (Å²) in [6.45, 7) is 7.59. The molecule has 0 spiro atoms. The Balaban J connectivity index is 0.00000420. The number of halogens is 2. The number of nitrogens with one attached hydrogen (secondary N) is 3. The summed E-state index contributed by atoms with van der Waals surface area (Å²) in [5.41, 5.74) is 0.790. The van der Waals surface area contributed by atoms with Crippen LogP contribution in [0.5, 0.6) is 5.75 Å². The minimum absolute atomic E-state index is 0. The fraction of sp³-hybridized carbons (Fsp3) is 0.600. The van der Waals surface area contributed by atoms with Gasteiger partial charge in [-0.05, 0) is 44.4 Å². The molecule has 0 saturated carbocycles. The molecule has 1 aliphatic heterocycles. The highest BCUT2D eigenvalue weighted by Gasteiger charge is 2.21. The number of ether oxygens (including phenoxy) is 1. The van der Waals surface area contributed by atoms with E-state index in [1.54, 1.807) is 13.1 Å². The van der Waals surface area contributed by atoms with Crippen LogP contribution in [0.1, 0.15) is 32.3 Å². The van der Waals surface area contributed by atoms with E-state index >= 15 is 0 Å². The van der Waals surface area contributed by atoms with E-state index in [4.69, 9.17) is 4.74 Å². The highest BCUT2D eigenvalue weighted by atomic mass is 127. The number of hydrogen-bond acceptors (Lipinski definition) is 4. The summed E-state index contributed by atoms with van der Waals surface area (Å²) in [5.74, 6) is 0.671. The highest BCUT2D eigenvalue weighted by molar-refractivity contribution is 14.0. The first-order valence-electron chi connectivity index (χ1n) is 9.94. The Morgan fingerprint density at radius 1 is 1.31 bits per heavy atom. The van der Waals surface area contributed by atoms with Crippen LogP contribution in [0.25, 0.3) is 0 Å². The van der Waals surface area contributed by atoms with Crippen molar-refractivity contribution in [3.8, 4) is 5.75 Å². The normalized spacial score (nSPS) is 15.4. The smallest absolute Gasteiger partial charge is 0.233 e. The van der Waals surface area contributed by atoms with Gasteiger partial charge in [0.2, 0.25) is 5.91 Å². The van der Waals surface area contributed by atoms with Crippen LogP contribution in [0.4, 0.5) is 4.39 Å². The molecular formula is C20H33FIN5O2. The van der Waals surface area contributed by atoms with E-state index in [0.717, 1.165) is 44.0 Å². The van der Waals surface area contributed by atoms with E-state index in [2.05, 4.69) is 25.8 Å². The Morgan fingerprint density at radius 2 is 2.03 bits per heavy atom. The molecule has 1 fully saturated rings. The molecule has 1 amide bonds. The minimum Gasteiger partial charge on any atom is -0.491 e. The molecule has 0 aliphatic carbocycles. The van der Waals surface area contributed by atoms with Crippen LogP contribution in [-0.4, -0.2) is 62.6 Å². The molecule has 0 unspecified atom stereocenters. The van der Waals surface area contributed by atoms with Crippen LogP contribution in [0, 0.1) is 5.82 Å². The number of piperidine rings is 1. The molecule has 0 atom stereocenters. The molecule has 0 bridgehead atoms. The average Bonchev–Trinajstić information content (AvgIpc) is 2.69. The molecular weight excluding hydrogens is 488 g/mol. The summed E-state index contributed by atoms with van der Waals surface area (Å²) in [6.07, 6.45) is 1.89. The summed E-state index contributed by atoms with van der Waals surface area (Å²) < 4.78 is 19.2. The summed E-state index contributed by atoms with van der Waals surface area (Å²) in [4.78, 5) is 18.2. The van der Waals surface area contributed by atoms with Gasteiger partial charge in [-0.3, -0.25) is 9.69 Å². The number of guanidine groups is 1. The molecule has 1 heterocycles. The number of nitrogens with zero attached hydrogens (tertiary/aromatic N) is 2. The first kappa shape index (κ1) is 25.4. The van der Waals surface area contributed by atoms with E-state index < -0.39 is 0 Å². The van der Waals surface area contributed by atoms with Gasteiger partial charge in [-0.1, -0.05) is 6.07 Å². The first-order valence-corrected chi connectivity index (χ1v) is 9.94. The second-order valence-corrected chi connectivity index (χ2v) is 6.76. The van der Waals surface area contributed by atoms with Gasteiger partial charge in [-0.2, -0.15) is 0 Å². The van der Waals surface area contributed by atoms with Crippen molar-refractivity contribution in [2.24, 2.45) is 4.99 Å². The topological polar surface area (TPSA) is 78.0 Å². The van der Waals surface area contributed by atoms with Crippen molar-refractivity contribution in [1.29, 1.82) is 0 Å². The summed E-state index contributed by atoms with van der Waals surface area (Å²) in [5, 5.41) is 9.36. The predicted molar refractivity (Wildman–Crippen MR) is 124 cm³/mol. The van der Waals surface area contributed by atoms with E-state index in [-0.39, 0.29) is 41.5 Å². The quantitative estimate of drug-likeness (QED) is 0.278. The molecule has 1 aromatic carbocycles. The standard InChI is InChI=1S/C20H32FN5O2.HI/c1-4-23-20(24-13-15-6-7-18(28-5-2)17(21)12-15)25-16-8-10-26(11-9-16)14-19(27)22-3;/h6-7,12,16H,4-5,8-11,13-14H2,1-3H3,(H,22,27)(H2,23,24,25);1H. The van der Waals surface area contributed by atoms with Gasteiger partial charge in [-0.15, -0.1) is 24.0 Å². The number of rotatable bonds is 8. The third kappa shape index (κ3) is 8.73. The van der Waals surface area contributed by atoms with Gasteiger partial charge >= 0.3 is 0 Å². The van der Waals surface area contributed by atoms with Gasteiger partial charge in [0.1, 0.15) is 0 Å². The molecule has 2 rings (SSSR count). The number of likely N-dealkylation sites (tertiary alicyclic amines) is 1. The Morgan fingerprint density at radius 3 is 2.62 bits per heavy atom. The van der Waals surface area contributed by atoms with Gasteiger partial charge in [-0.25, -0.2) is 9.38 Å². The summed E-state index contributed by atoms with van der Waals surface area (Å²) in [6, 6.07) is 5.25.